The minimum Gasteiger partial charge on any atom is -0.444 e. The van der Waals surface area contributed by atoms with Gasteiger partial charge in [-0.3, -0.25) is 0 Å². The first-order valence-electron chi connectivity index (χ1n) is 6.63. The molecule has 1 amide bonds. The number of rotatable bonds is 3. The Morgan fingerprint density at radius 3 is 2.76 bits per heavy atom. The van der Waals surface area contributed by atoms with E-state index in [4.69, 9.17) is 4.74 Å². The molecule has 2 atom stereocenters. The van der Waals surface area contributed by atoms with Crippen LogP contribution in [-0.4, -0.2) is 30.3 Å². The van der Waals surface area contributed by atoms with Crippen LogP contribution in [0.2, 0.25) is 0 Å². The van der Waals surface area contributed by atoms with E-state index in [1.807, 2.05) is 20.8 Å². The second-order valence-electron chi connectivity index (χ2n) is 5.81. The van der Waals surface area contributed by atoms with Crippen LogP contribution in [-0.2, 0) is 4.74 Å². The van der Waals surface area contributed by atoms with Crippen LogP contribution in [0.4, 0.5) is 4.79 Å². The Bertz CT molecular complexity index is 246. The lowest BCUT2D eigenvalue weighted by Gasteiger charge is -2.31. The highest BCUT2D eigenvalue weighted by Gasteiger charge is 2.24. The topological polar surface area (TPSA) is 50.4 Å². The van der Waals surface area contributed by atoms with Crippen molar-refractivity contribution in [3.8, 4) is 0 Å². The molecule has 1 aliphatic heterocycles. The Labute approximate surface area is 104 Å². The van der Waals surface area contributed by atoms with Gasteiger partial charge in [0.2, 0.25) is 0 Å². The average molecular weight is 242 g/mol. The molecule has 0 aromatic heterocycles. The van der Waals surface area contributed by atoms with Crippen LogP contribution in [0.1, 0.15) is 53.4 Å². The summed E-state index contributed by atoms with van der Waals surface area (Å²) in [5, 5.41) is 6.44. The SMILES string of the molecule is CCCC1CC(NC(=O)OC(C)(C)C)CCN1. The molecule has 2 unspecified atom stereocenters. The number of hydrogen-bond acceptors (Lipinski definition) is 3. The standard InChI is InChI=1S/C13H26N2O2/c1-5-6-10-9-11(7-8-14-10)15-12(16)17-13(2,3)4/h10-11,14H,5-9H2,1-4H3,(H,15,16). The zero-order valence-electron chi connectivity index (χ0n) is 11.5. The number of ether oxygens (including phenoxy) is 1. The first-order chi connectivity index (χ1) is 7.90. The van der Waals surface area contributed by atoms with Crippen molar-refractivity contribution in [2.75, 3.05) is 6.54 Å². The quantitative estimate of drug-likeness (QED) is 0.799. The van der Waals surface area contributed by atoms with E-state index in [1.54, 1.807) is 0 Å². The molecule has 1 heterocycles. The predicted molar refractivity (Wildman–Crippen MR) is 69.1 cm³/mol. The minimum absolute atomic E-state index is 0.252. The highest BCUT2D eigenvalue weighted by molar-refractivity contribution is 5.68. The van der Waals surface area contributed by atoms with Gasteiger partial charge < -0.3 is 15.4 Å². The van der Waals surface area contributed by atoms with Crippen molar-refractivity contribution >= 4 is 6.09 Å². The number of hydrogen-bond donors (Lipinski definition) is 2. The number of carbonyl (C=O) groups is 1. The number of alkyl carbamates (subject to hydrolysis) is 1. The summed E-state index contributed by atoms with van der Waals surface area (Å²) >= 11 is 0. The summed E-state index contributed by atoms with van der Waals surface area (Å²) < 4.78 is 5.27. The van der Waals surface area contributed by atoms with Crippen LogP contribution in [0.15, 0.2) is 0 Å². The van der Waals surface area contributed by atoms with Crippen molar-refractivity contribution in [3.05, 3.63) is 0 Å². The molecule has 0 saturated carbocycles. The fourth-order valence-electron chi connectivity index (χ4n) is 2.18. The summed E-state index contributed by atoms with van der Waals surface area (Å²) in [5.41, 5.74) is -0.417. The molecule has 4 nitrogen and oxygen atoms in total. The molecule has 1 rings (SSSR count). The first-order valence-corrected chi connectivity index (χ1v) is 6.63. The van der Waals surface area contributed by atoms with Crippen molar-refractivity contribution in [2.24, 2.45) is 0 Å². The lowest BCUT2D eigenvalue weighted by atomic mass is 9.96. The fourth-order valence-corrected chi connectivity index (χ4v) is 2.18. The molecule has 4 heteroatoms. The van der Waals surface area contributed by atoms with E-state index in [9.17, 15) is 4.79 Å². The number of carbonyl (C=O) groups excluding carboxylic acids is 1. The second kappa shape index (κ2) is 6.24. The van der Waals surface area contributed by atoms with E-state index in [1.165, 1.54) is 12.8 Å². The monoisotopic (exact) mass is 242 g/mol. The van der Waals surface area contributed by atoms with Gasteiger partial charge >= 0.3 is 6.09 Å². The number of piperidine rings is 1. The van der Waals surface area contributed by atoms with Gasteiger partial charge in [0, 0.05) is 12.1 Å². The molecule has 17 heavy (non-hydrogen) atoms. The highest BCUT2D eigenvalue weighted by Crippen LogP contribution is 2.14. The Morgan fingerprint density at radius 2 is 2.18 bits per heavy atom. The van der Waals surface area contributed by atoms with Crippen molar-refractivity contribution < 1.29 is 9.53 Å². The Balaban J connectivity index is 2.33. The van der Waals surface area contributed by atoms with Gasteiger partial charge in [-0.05, 0) is 46.6 Å². The maximum atomic E-state index is 11.6. The average Bonchev–Trinajstić information content (AvgIpc) is 2.15. The van der Waals surface area contributed by atoms with Gasteiger partial charge in [0.1, 0.15) is 5.60 Å². The second-order valence-corrected chi connectivity index (χ2v) is 5.81. The maximum Gasteiger partial charge on any atom is 0.407 e. The molecule has 0 bridgehead atoms. The van der Waals surface area contributed by atoms with E-state index in [0.29, 0.717) is 6.04 Å². The van der Waals surface area contributed by atoms with Gasteiger partial charge in [-0.2, -0.15) is 0 Å². The molecule has 1 saturated heterocycles. The van der Waals surface area contributed by atoms with E-state index < -0.39 is 5.60 Å². The smallest absolute Gasteiger partial charge is 0.407 e. The zero-order valence-corrected chi connectivity index (χ0v) is 11.5. The Kier molecular flexibility index (Phi) is 5.25. The molecular formula is C13H26N2O2. The molecule has 1 aliphatic rings. The van der Waals surface area contributed by atoms with Gasteiger partial charge in [-0.25, -0.2) is 4.79 Å². The van der Waals surface area contributed by atoms with Gasteiger partial charge in [0.05, 0.1) is 0 Å². The summed E-state index contributed by atoms with van der Waals surface area (Å²) in [6.45, 7) is 8.82. The van der Waals surface area contributed by atoms with Gasteiger partial charge in [0.25, 0.3) is 0 Å². The first kappa shape index (κ1) is 14.3. The van der Waals surface area contributed by atoms with Crippen LogP contribution < -0.4 is 10.6 Å². The summed E-state index contributed by atoms with van der Waals surface area (Å²) in [6, 6.07) is 0.788. The molecule has 0 radical (unpaired) electrons. The Morgan fingerprint density at radius 1 is 1.47 bits per heavy atom. The molecule has 1 fully saturated rings. The summed E-state index contributed by atoms with van der Waals surface area (Å²) in [6.07, 6.45) is 4.05. The third-order valence-electron chi connectivity index (χ3n) is 2.85. The summed E-state index contributed by atoms with van der Waals surface area (Å²) in [7, 11) is 0. The van der Waals surface area contributed by atoms with Crippen molar-refractivity contribution in [1.82, 2.24) is 10.6 Å². The largest absolute Gasteiger partial charge is 0.444 e. The molecular weight excluding hydrogens is 216 g/mol. The molecule has 100 valence electrons. The molecule has 0 aliphatic carbocycles. The zero-order chi connectivity index (χ0) is 12.9. The van der Waals surface area contributed by atoms with Gasteiger partial charge in [-0.1, -0.05) is 13.3 Å². The third kappa shape index (κ3) is 5.91. The maximum absolute atomic E-state index is 11.6. The van der Waals surface area contributed by atoms with E-state index in [0.717, 1.165) is 19.4 Å². The van der Waals surface area contributed by atoms with Crippen LogP contribution >= 0.6 is 0 Å². The summed E-state index contributed by atoms with van der Waals surface area (Å²) in [4.78, 5) is 11.6. The molecule has 2 N–H and O–H groups in total. The normalized spacial score (nSPS) is 25.4. The van der Waals surface area contributed by atoms with Gasteiger partial charge in [-0.15, -0.1) is 0 Å². The third-order valence-corrected chi connectivity index (χ3v) is 2.85. The van der Waals surface area contributed by atoms with E-state index in [-0.39, 0.29) is 12.1 Å². The molecule has 0 spiro atoms. The van der Waals surface area contributed by atoms with E-state index >= 15 is 0 Å². The lowest BCUT2D eigenvalue weighted by molar-refractivity contribution is 0.0489. The lowest BCUT2D eigenvalue weighted by Crippen LogP contribution is -2.48. The van der Waals surface area contributed by atoms with Crippen molar-refractivity contribution in [3.63, 3.8) is 0 Å². The van der Waals surface area contributed by atoms with Crippen molar-refractivity contribution in [2.45, 2.75) is 71.1 Å². The Hall–Kier alpha value is -0.770. The van der Waals surface area contributed by atoms with E-state index in [2.05, 4.69) is 17.6 Å². The van der Waals surface area contributed by atoms with Gasteiger partial charge in [0.15, 0.2) is 0 Å². The molecule has 0 aromatic carbocycles. The minimum atomic E-state index is -0.417. The summed E-state index contributed by atoms with van der Waals surface area (Å²) in [5.74, 6) is 0. The van der Waals surface area contributed by atoms with Crippen molar-refractivity contribution in [1.29, 1.82) is 0 Å². The fraction of sp³-hybridized carbons (Fsp3) is 0.923. The number of amides is 1. The number of nitrogens with one attached hydrogen (secondary N) is 2. The highest BCUT2D eigenvalue weighted by atomic mass is 16.6. The van der Waals surface area contributed by atoms with Crippen LogP contribution in [0.3, 0.4) is 0 Å². The van der Waals surface area contributed by atoms with Crippen LogP contribution in [0.25, 0.3) is 0 Å². The van der Waals surface area contributed by atoms with Crippen LogP contribution in [0.5, 0.6) is 0 Å². The predicted octanol–water partition coefficient (Wildman–Crippen LogP) is 2.43. The van der Waals surface area contributed by atoms with Crippen LogP contribution in [0, 0.1) is 0 Å². The molecule has 0 aromatic rings.